The number of nitrogens with one attached hydrogen (secondary N) is 2. The van der Waals surface area contributed by atoms with Crippen molar-refractivity contribution in [2.75, 3.05) is 48.8 Å². The van der Waals surface area contributed by atoms with Gasteiger partial charge < -0.3 is 15.1 Å². The Hall–Kier alpha value is -2.74. The highest BCUT2D eigenvalue weighted by atomic mass is 19.1. The number of carbonyl (C=O) groups excluding carboxylic acids is 1. The van der Waals surface area contributed by atoms with Crippen LogP contribution in [-0.4, -0.2) is 54.1 Å². The summed E-state index contributed by atoms with van der Waals surface area (Å²) < 4.78 is 13.5. The summed E-state index contributed by atoms with van der Waals surface area (Å²) in [7, 11) is 2.09. The first-order valence-electron chi connectivity index (χ1n) is 8.11. The van der Waals surface area contributed by atoms with Gasteiger partial charge in [0.1, 0.15) is 23.8 Å². The van der Waals surface area contributed by atoms with Gasteiger partial charge >= 0.3 is 6.03 Å². The van der Waals surface area contributed by atoms with Crippen LogP contribution in [0.1, 0.15) is 5.56 Å². The van der Waals surface area contributed by atoms with Crippen LogP contribution in [0.4, 0.5) is 26.5 Å². The number of piperazine rings is 1. The molecule has 132 valence electrons. The zero-order chi connectivity index (χ0) is 17.8. The van der Waals surface area contributed by atoms with E-state index >= 15 is 0 Å². The predicted molar refractivity (Wildman–Crippen MR) is 95.5 cm³/mol. The molecule has 2 aromatic rings. The van der Waals surface area contributed by atoms with E-state index in [1.54, 1.807) is 25.1 Å². The molecule has 2 heterocycles. The predicted octanol–water partition coefficient (Wildman–Crippen LogP) is 2.32. The largest absolute Gasteiger partial charge is 0.354 e. The smallest absolute Gasteiger partial charge is 0.324 e. The normalized spacial score (nSPS) is 15.1. The number of halogens is 1. The molecule has 2 amide bonds. The van der Waals surface area contributed by atoms with Crippen molar-refractivity contribution in [3.8, 4) is 0 Å². The van der Waals surface area contributed by atoms with E-state index in [1.807, 2.05) is 0 Å². The van der Waals surface area contributed by atoms with Gasteiger partial charge in [0.15, 0.2) is 0 Å². The number of anilines is 3. The fourth-order valence-electron chi connectivity index (χ4n) is 2.57. The van der Waals surface area contributed by atoms with Crippen molar-refractivity contribution in [1.29, 1.82) is 0 Å². The summed E-state index contributed by atoms with van der Waals surface area (Å²) in [5, 5.41) is 5.24. The molecule has 0 spiro atoms. The van der Waals surface area contributed by atoms with Crippen molar-refractivity contribution in [2.24, 2.45) is 0 Å². The van der Waals surface area contributed by atoms with Crippen LogP contribution in [0.15, 0.2) is 30.6 Å². The number of carbonyl (C=O) groups is 1. The second-order valence-electron chi connectivity index (χ2n) is 6.09. The Morgan fingerprint density at radius 2 is 1.88 bits per heavy atom. The molecule has 0 unspecified atom stereocenters. The molecule has 3 rings (SSSR count). The van der Waals surface area contributed by atoms with Crippen LogP contribution in [0.5, 0.6) is 0 Å². The standard InChI is InChI=1S/C17H21FN6O/c1-12-3-4-13(9-14(12)18)21-17(25)22-15-10-16(20-11-19-15)24-7-5-23(2)6-8-24/h3-4,9-11H,5-8H2,1-2H3,(H2,19,20,21,22,25). The minimum atomic E-state index is -0.480. The topological polar surface area (TPSA) is 73.4 Å². The van der Waals surface area contributed by atoms with E-state index in [9.17, 15) is 9.18 Å². The zero-order valence-electron chi connectivity index (χ0n) is 14.3. The number of hydrogen-bond donors (Lipinski definition) is 2. The lowest BCUT2D eigenvalue weighted by molar-refractivity contribution is 0.262. The van der Waals surface area contributed by atoms with Gasteiger partial charge in [0.25, 0.3) is 0 Å². The Balaban J connectivity index is 1.63. The van der Waals surface area contributed by atoms with E-state index in [0.717, 1.165) is 32.0 Å². The Labute approximate surface area is 145 Å². The van der Waals surface area contributed by atoms with Gasteiger partial charge in [-0.05, 0) is 31.7 Å². The fourth-order valence-corrected chi connectivity index (χ4v) is 2.57. The van der Waals surface area contributed by atoms with Gasteiger partial charge in [-0.3, -0.25) is 5.32 Å². The third-order valence-electron chi connectivity index (χ3n) is 4.15. The second-order valence-corrected chi connectivity index (χ2v) is 6.09. The first-order chi connectivity index (χ1) is 12.0. The quantitative estimate of drug-likeness (QED) is 0.894. The lowest BCUT2D eigenvalue weighted by atomic mass is 10.2. The zero-order valence-corrected chi connectivity index (χ0v) is 14.3. The first kappa shape index (κ1) is 17.1. The molecule has 0 bridgehead atoms. The minimum Gasteiger partial charge on any atom is -0.354 e. The van der Waals surface area contributed by atoms with Crippen LogP contribution in [0.25, 0.3) is 0 Å². The van der Waals surface area contributed by atoms with E-state index in [-0.39, 0.29) is 5.82 Å². The van der Waals surface area contributed by atoms with Crippen molar-refractivity contribution in [3.63, 3.8) is 0 Å². The molecule has 0 atom stereocenters. The number of benzene rings is 1. The molecular weight excluding hydrogens is 323 g/mol. The van der Waals surface area contributed by atoms with Crippen LogP contribution < -0.4 is 15.5 Å². The van der Waals surface area contributed by atoms with E-state index in [4.69, 9.17) is 0 Å². The molecule has 0 radical (unpaired) electrons. The molecule has 0 saturated carbocycles. The molecule has 1 fully saturated rings. The number of urea groups is 1. The molecule has 7 nitrogen and oxygen atoms in total. The Morgan fingerprint density at radius 3 is 2.60 bits per heavy atom. The Kier molecular flexibility index (Phi) is 5.08. The Bertz CT molecular complexity index is 761. The van der Waals surface area contributed by atoms with Crippen LogP contribution in [0, 0.1) is 12.7 Å². The van der Waals surface area contributed by atoms with Crippen molar-refractivity contribution >= 4 is 23.4 Å². The number of nitrogens with zero attached hydrogens (tertiary/aromatic N) is 4. The number of hydrogen-bond acceptors (Lipinski definition) is 5. The van der Waals surface area contributed by atoms with Gasteiger partial charge in [-0.15, -0.1) is 0 Å². The maximum Gasteiger partial charge on any atom is 0.324 e. The summed E-state index contributed by atoms with van der Waals surface area (Å²) >= 11 is 0. The summed E-state index contributed by atoms with van der Waals surface area (Å²) in [5.41, 5.74) is 0.910. The third-order valence-corrected chi connectivity index (χ3v) is 4.15. The summed E-state index contributed by atoms with van der Waals surface area (Å²) in [6, 6.07) is 5.80. The van der Waals surface area contributed by atoms with Gasteiger partial charge in [0.2, 0.25) is 0 Å². The van der Waals surface area contributed by atoms with E-state index < -0.39 is 6.03 Å². The van der Waals surface area contributed by atoms with Crippen LogP contribution in [0.2, 0.25) is 0 Å². The average Bonchev–Trinajstić information content (AvgIpc) is 2.59. The lowest BCUT2D eigenvalue weighted by Crippen LogP contribution is -2.44. The lowest BCUT2D eigenvalue weighted by Gasteiger charge is -2.33. The highest BCUT2D eigenvalue weighted by molar-refractivity contribution is 5.99. The van der Waals surface area contributed by atoms with Gasteiger partial charge in [-0.1, -0.05) is 6.07 Å². The molecule has 1 aromatic carbocycles. The number of aryl methyl sites for hydroxylation is 1. The Morgan fingerprint density at radius 1 is 1.12 bits per heavy atom. The number of amides is 2. The molecule has 2 N–H and O–H groups in total. The van der Waals surface area contributed by atoms with Crippen LogP contribution >= 0.6 is 0 Å². The van der Waals surface area contributed by atoms with Crippen molar-refractivity contribution < 1.29 is 9.18 Å². The maximum atomic E-state index is 13.5. The number of rotatable bonds is 3. The molecule has 0 aliphatic carbocycles. The SMILES string of the molecule is Cc1ccc(NC(=O)Nc2cc(N3CCN(C)CC3)ncn2)cc1F. The highest BCUT2D eigenvalue weighted by Crippen LogP contribution is 2.17. The van der Waals surface area contributed by atoms with Gasteiger partial charge in [-0.2, -0.15) is 0 Å². The molecule has 1 aromatic heterocycles. The summed E-state index contributed by atoms with van der Waals surface area (Å²) in [5.74, 6) is 0.811. The van der Waals surface area contributed by atoms with E-state index in [0.29, 0.717) is 17.1 Å². The molecule has 1 saturated heterocycles. The summed E-state index contributed by atoms with van der Waals surface area (Å²) in [6.45, 7) is 5.35. The molecule has 8 heteroatoms. The first-order valence-corrected chi connectivity index (χ1v) is 8.11. The van der Waals surface area contributed by atoms with Gasteiger partial charge in [-0.25, -0.2) is 19.2 Å². The maximum absolute atomic E-state index is 13.5. The molecule has 25 heavy (non-hydrogen) atoms. The van der Waals surface area contributed by atoms with E-state index in [1.165, 1.54) is 12.4 Å². The van der Waals surface area contributed by atoms with Crippen LogP contribution in [0.3, 0.4) is 0 Å². The second kappa shape index (κ2) is 7.43. The van der Waals surface area contributed by atoms with Crippen molar-refractivity contribution in [3.05, 3.63) is 42.0 Å². The molecule has 1 aliphatic heterocycles. The number of likely N-dealkylation sites (N-methyl/N-ethyl adjacent to an activating group) is 1. The molecular formula is C17H21FN6O. The summed E-state index contributed by atoms with van der Waals surface area (Å²) in [6.07, 6.45) is 1.43. The molecule has 1 aliphatic rings. The van der Waals surface area contributed by atoms with Crippen molar-refractivity contribution in [2.45, 2.75) is 6.92 Å². The van der Waals surface area contributed by atoms with Gasteiger partial charge in [0.05, 0.1) is 0 Å². The third kappa shape index (κ3) is 4.42. The average molecular weight is 344 g/mol. The highest BCUT2D eigenvalue weighted by Gasteiger charge is 2.16. The van der Waals surface area contributed by atoms with Crippen molar-refractivity contribution in [1.82, 2.24) is 14.9 Å². The monoisotopic (exact) mass is 344 g/mol. The van der Waals surface area contributed by atoms with Crippen LogP contribution in [-0.2, 0) is 0 Å². The van der Waals surface area contributed by atoms with Gasteiger partial charge in [0, 0.05) is 37.9 Å². The fraction of sp³-hybridized carbons (Fsp3) is 0.353. The summed E-state index contributed by atoms with van der Waals surface area (Å²) in [4.78, 5) is 24.8. The van der Waals surface area contributed by atoms with E-state index in [2.05, 4.69) is 37.4 Å². The minimum absolute atomic E-state index is 0.364. The number of aromatic nitrogens is 2.